The summed E-state index contributed by atoms with van der Waals surface area (Å²) in [6, 6.07) is 0. The Morgan fingerprint density at radius 1 is 1.52 bits per heavy atom. The molecule has 8 heteroatoms. The highest BCUT2D eigenvalue weighted by Gasteiger charge is 2.23. The Kier molecular flexibility index (Phi) is 5.68. The summed E-state index contributed by atoms with van der Waals surface area (Å²) in [7, 11) is 1.34. The molecule has 1 fully saturated rings. The SMILES string of the molecule is COC(=O)CCN(CC1CCCO1)C(=O)Cn1ccnn1. The fraction of sp³-hybridized carbons (Fsp3) is 0.692. The van der Waals surface area contributed by atoms with Gasteiger partial charge in [-0.05, 0) is 12.8 Å². The fourth-order valence-corrected chi connectivity index (χ4v) is 2.24. The number of amides is 1. The Balaban J connectivity index is 1.92. The summed E-state index contributed by atoms with van der Waals surface area (Å²) in [6.07, 6.45) is 5.31. The Hall–Kier alpha value is -1.96. The molecule has 0 spiro atoms. The summed E-state index contributed by atoms with van der Waals surface area (Å²) in [5.74, 6) is -0.444. The maximum atomic E-state index is 12.3. The van der Waals surface area contributed by atoms with E-state index in [4.69, 9.17) is 4.74 Å². The van der Waals surface area contributed by atoms with Gasteiger partial charge in [-0.25, -0.2) is 4.68 Å². The predicted molar refractivity (Wildman–Crippen MR) is 72.2 cm³/mol. The number of ether oxygens (including phenoxy) is 2. The highest BCUT2D eigenvalue weighted by atomic mass is 16.5. The lowest BCUT2D eigenvalue weighted by atomic mass is 10.2. The van der Waals surface area contributed by atoms with Crippen LogP contribution in [0.1, 0.15) is 19.3 Å². The molecule has 0 saturated carbocycles. The van der Waals surface area contributed by atoms with Gasteiger partial charge in [0, 0.05) is 25.9 Å². The number of nitrogens with zero attached hydrogens (tertiary/aromatic N) is 4. The van der Waals surface area contributed by atoms with Gasteiger partial charge in [0.25, 0.3) is 0 Å². The number of rotatable bonds is 7. The largest absolute Gasteiger partial charge is 0.469 e. The number of carbonyl (C=O) groups is 2. The van der Waals surface area contributed by atoms with Crippen LogP contribution in [0.25, 0.3) is 0 Å². The van der Waals surface area contributed by atoms with Crippen molar-refractivity contribution in [1.82, 2.24) is 19.9 Å². The lowest BCUT2D eigenvalue weighted by molar-refractivity contribution is -0.142. The topological polar surface area (TPSA) is 86.5 Å². The molecule has 8 nitrogen and oxygen atoms in total. The number of aromatic nitrogens is 3. The number of carbonyl (C=O) groups excluding carboxylic acids is 2. The van der Waals surface area contributed by atoms with Crippen molar-refractivity contribution >= 4 is 11.9 Å². The van der Waals surface area contributed by atoms with E-state index >= 15 is 0 Å². The Morgan fingerprint density at radius 2 is 2.38 bits per heavy atom. The molecule has 1 unspecified atom stereocenters. The summed E-state index contributed by atoms with van der Waals surface area (Å²) >= 11 is 0. The third-order valence-corrected chi connectivity index (χ3v) is 3.38. The molecule has 1 amide bonds. The zero-order valence-electron chi connectivity index (χ0n) is 12.1. The molecule has 21 heavy (non-hydrogen) atoms. The lowest BCUT2D eigenvalue weighted by Crippen LogP contribution is -2.40. The standard InChI is InChI=1S/C13H20N4O4/c1-20-13(19)4-6-16(9-11-3-2-8-21-11)12(18)10-17-7-5-14-15-17/h5,7,11H,2-4,6,8-10H2,1H3. The molecular weight excluding hydrogens is 276 g/mol. The monoisotopic (exact) mass is 296 g/mol. The first kappa shape index (κ1) is 15.4. The molecule has 0 aromatic carbocycles. The van der Waals surface area contributed by atoms with E-state index < -0.39 is 0 Å². The van der Waals surface area contributed by atoms with Crippen LogP contribution in [0.4, 0.5) is 0 Å². The third kappa shape index (κ3) is 4.82. The molecule has 1 saturated heterocycles. The second kappa shape index (κ2) is 7.72. The van der Waals surface area contributed by atoms with Crippen molar-refractivity contribution in [3.8, 4) is 0 Å². The van der Waals surface area contributed by atoms with Gasteiger partial charge in [-0.3, -0.25) is 9.59 Å². The van der Waals surface area contributed by atoms with Gasteiger partial charge in [0.1, 0.15) is 6.54 Å². The Bertz CT molecular complexity index is 457. The van der Waals surface area contributed by atoms with E-state index in [9.17, 15) is 9.59 Å². The minimum atomic E-state index is -0.333. The van der Waals surface area contributed by atoms with Crippen LogP contribution < -0.4 is 0 Å². The summed E-state index contributed by atoms with van der Waals surface area (Å²) in [5, 5.41) is 7.45. The van der Waals surface area contributed by atoms with E-state index in [2.05, 4.69) is 15.0 Å². The summed E-state index contributed by atoms with van der Waals surface area (Å²) < 4.78 is 11.6. The summed E-state index contributed by atoms with van der Waals surface area (Å²) in [6.45, 7) is 1.64. The molecule has 1 aliphatic rings. The maximum absolute atomic E-state index is 12.3. The minimum absolute atomic E-state index is 0.0438. The van der Waals surface area contributed by atoms with Crippen LogP contribution in [-0.4, -0.2) is 64.7 Å². The molecule has 1 atom stereocenters. The van der Waals surface area contributed by atoms with Crippen molar-refractivity contribution in [2.75, 3.05) is 26.8 Å². The predicted octanol–water partition coefficient (Wildman–Crippen LogP) is -0.151. The Morgan fingerprint density at radius 3 is 3.00 bits per heavy atom. The minimum Gasteiger partial charge on any atom is -0.469 e. The first-order valence-corrected chi connectivity index (χ1v) is 6.99. The molecule has 116 valence electrons. The van der Waals surface area contributed by atoms with Gasteiger partial charge < -0.3 is 14.4 Å². The van der Waals surface area contributed by atoms with E-state index in [1.165, 1.54) is 18.0 Å². The van der Waals surface area contributed by atoms with E-state index in [1.807, 2.05) is 0 Å². The first-order chi connectivity index (χ1) is 10.2. The van der Waals surface area contributed by atoms with Crippen LogP contribution in [0.2, 0.25) is 0 Å². The second-order valence-corrected chi connectivity index (χ2v) is 4.90. The molecule has 1 aromatic rings. The van der Waals surface area contributed by atoms with Gasteiger partial charge >= 0.3 is 5.97 Å². The smallest absolute Gasteiger partial charge is 0.307 e. The first-order valence-electron chi connectivity index (χ1n) is 6.99. The van der Waals surface area contributed by atoms with Crippen molar-refractivity contribution < 1.29 is 19.1 Å². The molecular formula is C13H20N4O4. The zero-order chi connectivity index (χ0) is 15.1. The fourth-order valence-electron chi connectivity index (χ4n) is 2.24. The van der Waals surface area contributed by atoms with Crippen molar-refractivity contribution in [2.45, 2.75) is 31.9 Å². The maximum Gasteiger partial charge on any atom is 0.307 e. The molecule has 0 aliphatic carbocycles. The average Bonchev–Trinajstić information content (AvgIpc) is 3.16. The molecule has 1 aromatic heterocycles. The molecule has 0 N–H and O–H groups in total. The molecule has 0 radical (unpaired) electrons. The summed E-state index contributed by atoms with van der Waals surface area (Å²) in [5.41, 5.74) is 0. The zero-order valence-corrected chi connectivity index (χ0v) is 12.1. The van der Waals surface area contributed by atoms with Crippen LogP contribution >= 0.6 is 0 Å². The van der Waals surface area contributed by atoms with Crippen LogP contribution in [0.15, 0.2) is 12.4 Å². The highest BCUT2D eigenvalue weighted by Crippen LogP contribution is 2.14. The third-order valence-electron chi connectivity index (χ3n) is 3.38. The van der Waals surface area contributed by atoms with Crippen molar-refractivity contribution in [1.29, 1.82) is 0 Å². The van der Waals surface area contributed by atoms with Gasteiger partial charge in [0.05, 0.1) is 25.8 Å². The molecule has 2 heterocycles. The number of methoxy groups -OCH3 is 1. The van der Waals surface area contributed by atoms with Crippen LogP contribution in [0.3, 0.4) is 0 Å². The van der Waals surface area contributed by atoms with Gasteiger partial charge in [-0.1, -0.05) is 5.21 Å². The van der Waals surface area contributed by atoms with Crippen LogP contribution in [0, 0.1) is 0 Å². The van der Waals surface area contributed by atoms with E-state index in [1.54, 1.807) is 11.1 Å². The Labute approximate surface area is 123 Å². The van der Waals surface area contributed by atoms with E-state index in [0.29, 0.717) is 13.1 Å². The molecule has 2 rings (SSSR count). The van der Waals surface area contributed by atoms with Gasteiger partial charge in [0.2, 0.25) is 5.91 Å². The number of hydrogen-bond acceptors (Lipinski definition) is 6. The number of hydrogen-bond donors (Lipinski definition) is 0. The molecule has 0 bridgehead atoms. The van der Waals surface area contributed by atoms with Crippen molar-refractivity contribution in [2.24, 2.45) is 0 Å². The highest BCUT2D eigenvalue weighted by molar-refractivity contribution is 5.77. The van der Waals surface area contributed by atoms with Crippen molar-refractivity contribution in [3.05, 3.63) is 12.4 Å². The van der Waals surface area contributed by atoms with E-state index in [-0.39, 0.29) is 30.9 Å². The lowest BCUT2D eigenvalue weighted by Gasteiger charge is -2.25. The second-order valence-electron chi connectivity index (χ2n) is 4.90. The quantitative estimate of drug-likeness (QED) is 0.650. The normalized spacial score (nSPS) is 17.7. The average molecular weight is 296 g/mol. The van der Waals surface area contributed by atoms with Crippen LogP contribution in [0.5, 0.6) is 0 Å². The number of esters is 1. The van der Waals surface area contributed by atoms with Gasteiger partial charge in [0.15, 0.2) is 0 Å². The van der Waals surface area contributed by atoms with Gasteiger partial charge in [-0.2, -0.15) is 0 Å². The van der Waals surface area contributed by atoms with Crippen LogP contribution in [-0.2, 0) is 25.6 Å². The van der Waals surface area contributed by atoms with Gasteiger partial charge in [-0.15, -0.1) is 5.10 Å². The summed E-state index contributed by atoms with van der Waals surface area (Å²) in [4.78, 5) is 25.2. The van der Waals surface area contributed by atoms with Crippen molar-refractivity contribution in [3.63, 3.8) is 0 Å². The van der Waals surface area contributed by atoms with E-state index in [0.717, 1.165) is 19.4 Å². The molecule has 1 aliphatic heterocycles.